The maximum absolute atomic E-state index is 13.2. The molecular weight excluding hydrogens is 451 g/mol. The van der Waals surface area contributed by atoms with Gasteiger partial charge in [0.05, 0.1) is 5.52 Å². The SMILES string of the molecule is CC(C)(C)OC(=O)N[C@H]1CC[C@H](N(C(=O)OC(C)(C)C)c2ncc3cc(B(O)O)ccc3n2)CC1. The number of ether oxygens (including phenoxy) is 2. The first-order valence-corrected chi connectivity index (χ1v) is 11.9. The van der Waals surface area contributed by atoms with E-state index in [4.69, 9.17) is 9.47 Å². The van der Waals surface area contributed by atoms with Gasteiger partial charge >= 0.3 is 19.3 Å². The van der Waals surface area contributed by atoms with Crippen LogP contribution >= 0.6 is 0 Å². The molecule has 11 heteroatoms. The molecule has 1 heterocycles. The molecule has 10 nitrogen and oxygen atoms in total. The average molecular weight is 486 g/mol. The van der Waals surface area contributed by atoms with E-state index >= 15 is 0 Å². The van der Waals surface area contributed by atoms with E-state index in [0.717, 1.165) is 0 Å². The fraction of sp³-hybridized carbons (Fsp3) is 0.583. The van der Waals surface area contributed by atoms with Crippen LogP contribution in [0.4, 0.5) is 15.5 Å². The predicted molar refractivity (Wildman–Crippen MR) is 133 cm³/mol. The largest absolute Gasteiger partial charge is 0.488 e. The average Bonchev–Trinajstić information content (AvgIpc) is 2.72. The van der Waals surface area contributed by atoms with E-state index in [0.29, 0.717) is 42.0 Å². The van der Waals surface area contributed by atoms with Crippen LogP contribution in [0.15, 0.2) is 24.4 Å². The number of hydrogen-bond acceptors (Lipinski definition) is 8. The second kappa shape index (κ2) is 10.4. The van der Waals surface area contributed by atoms with Crippen LogP contribution in [0.2, 0.25) is 0 Å². The smallest absolute Gasteiger partial charge is 0.444 e. The molecule has 35 heavy (non-hydrogen) atoms. The summed E-state index contributed by atoms with van der Waals surface area (Å²) in [4.78, 5) is 35.8. The number of rotatable bonds is 4. The van der Waals surface area contributed by atoms with E-state index in [1.807, 2.05) is 20.8 Å². The molecule has 0 aliphatic heterocycles. The van der Waals surface area contributed by atoms with Gasteiger partial charge in [0.15, 0.2) is 0 Å². The molecule has 0 unspecified atom stereocenters. The molecule has 0 atom stereocenters. The molecule has 0 bridgehead atoms. The lowest BCUT2D eigenvalue weighted by Gasteiger charge is -2.36. The number of nitrogens with one attached hydrogen (secondary N) is 1. The Morgan fingerprint density at radius 1 is 1.03 bits per heavy atom. The first-order chi connectivity index (χ1) is 16.2. The van der Waals surface area contributed by atoms with E-state index in [1.165, 1.54) is 4.90 Å². The zero-order chi connectivity index (χ0) is 26.0. The number of hydrogen-bond donors (Lipinski definition) is 3. The third-order valence-corrected chi connectivity index (χ3v) is 5.48. The van der Waals surface area contributed by atoms with Gasteiger partial charge in [-0.15, -0.1) is 0 Å². The van der Waals surface area contributed by atoms with Crippen molar-refractivity contribution in [3.8, 4) is 0 Å². The molecule has 2 amide bonds. The Hall–Kier alpha value is -2.92. The predicted octanol–water partition coefficient (Wildman–Crippen LogP) is 2.89. The molecule has 1 saturated carbocycles. The van der Waals surface area contributed by atoms with Crippen LogP contribution in [0.3, 0.4) is 0 Å². The monoisotopic (exact) mass is 486 g/mol. The third kappa shape index (κ3) is 7.53. The van der Waals surface area contributed by atoms with Gasteiger partial charge in [-0.25, -0.2) is 24.5 Å². The van der Waals surface area contributed by atoms with Gasteiger partial charge in [0, 0.05) is 23.7 Å². The molecular formula is C24H35BN4O6. The van der Waals surface area contributed by atoms with E-state index in [-0.39, 0.29) is 18.0 Å². The van der Waals surface area contributed by atoms with Gasteiger partial charge in [0.1, 0.15) is 11.2 Å². The zero-order valence-corrected chi connectivity index (χ0v) is 21.2. The van der Waals surface area contributed by atoms with Crippen LogP contribution in [-0.2, 0) is 9.47 Å². The van der Waals surface area contributed by atoms with Gasteiger partial charge in [-0.1, -0.05) is 12.1 Å². The van der Waals surface area contributed by atoms with Crippen molar-refractivity contribution in [3.05, 3.63) is 24.4 Å². The highest BCUT2D eigenvalue weighted by molar-refractivity contribution is 6.58. The van der Waals surface area contributed by atoms with Crippen LogP contribution in [0.1, 0.15) is 67.2 Å². The first kappa shape index (κ1) is 26.7. The van der Waals surface area contributed by atoms with Crippen molar-refractivity contribution in [2.45, 2.75) is 90.5 Å². The highest BCUT2D eigenvalue weighted by Crippen LogP contribution is 2.28. The van der Waals surface area contributed by atoms with E-state index < -0.39 is 30.5 Å². The maximum atomic E-state index is 13.2. The van der Waals surface area contributed by atoms with E-state index in [2.05, 4.69) is 15.3 Å². The quantitative estimate of drug-likeness (QED) is 0.562. The Balaban J connectivity index is 1.80. The molecule has 3 rings (SSSR count). The summed E-state index contributed by atoms with van der Waals surface area (Å²) in [6.07, 6.45) is 3.13. The minimum absolute atomic E-state index is 0.0533. The summed E-state index contributed by atoms with van der Waals surface area (Å²) in [6, 6.07) is 4.55. The summed E-state index contributed by atoms with van der Waals surface area (Å²) < 4.78 is 11.0. The Morgan fingerprint density at radius 3 is 2.23 bits per heavy atom. The van der Waals surface area contributed by atoms with Crippen molar-refractivity contribution < 1.29 is 29.1 Å². The van der Waals surface area contributed by atoms with Crippen molar-refractivity contribution in [1.82, 2.24) is 15.3 Å². The number of fused-ring (bicyclic) bond motifs is 1. The van der Waals surface area contributed by atoms with Crippen molar-refractivity contribution in [1.29, 1.82) is 0 Å². The molecule has 0 spiro atoms. The molecule has 1 aliphatic rings. The number of nitrogens with zero attached hydrogens (tertiary/aromatic N) is 3. The van der Waals surface area contributed by atoms with Gasteiger partial charge < -0.3 is 24.8 Å². The van der Waals surface area contributed by atoms with Crippen LogP contribution in [0.5, 0.6) is 0 Å². The summed E-state index contributed by atoms with van der Waals surface area (Å²) in [5, 5.41) is 22.4. The van der Waals surface area contributed by atoms with Gasteiger partial charge in [0.2, 0.25) is 5.95 Å². The van der Waals surface area contributed by atoms with Gasteiger partial charge in [-0.05, 0) is 78.8 Å². The molecule has 0 saturated heterocycles. The van der Waals surface area contributed by atoms with Crippen molar-refractivity contribution >= 4 is 41.6 Å². The minimum atomic E-state index is -1.60. The summed E-state index contributed by atoms with van der Waals surface area (Å²) in [5.74, 6) is 0.215. The van der Waals surface area contributed by atoms with Crippen LogP contribution in [0, 0.1) is 0 Å². The number of amides is 2. The summed E-state index contributed by atoms with van der Waals surface area (Å²) in [6.45, 7) is 10.9. The number of anilines is 1. The standard InChI is InChI=1S/C24H35BN4O6/c1-23(2,3)34-21(30)27-17-8-10-18(11-9-17)29(22(31)35-24(4,5)6)20-26-14-15-13-16(25(32)33)7-12-19(15)28-20/h7,12-14,17-18,32-33H,8-11H2,1-6H3,(H,27,30)/t17-,18-. The van der Waals surface area contributed by atoms with E-state index in [1.54, 1.807) is 45.2 Å². The summed E-state index contributed by atoms with van der Waals surface area (Å²) >= 11 is 0. The molecule has 1 aromatic carbocycles. The fourth-order valence-corrected chi connectivity index (χ4v) is 3.98. The Bertz CT molecular complexity index is 1060. The van der Waals surface area contributed by atoms with Crippen molar-refractivity contribution in [3.63, 3.8) is 0 Å². The minimum Gasteiger partial charge on any atom is -0.444 e. The normalized spacial score (nSPS) is 18.6. The molecule has 0 radical (unpaired) electrons. The van der Waals surface area contributed by atoms with E-state index in [9.17, 15) is 19.6 Å². The topological polar surface area (TPSA) is 134 Å². The second-order valence-corrected chi connectivity index (χ2v) is 10.9. The Morgan fingerprint density at radius 2 is 1.66 bits per heavy atom. The number of alkyl carbamates (subject to hydrolysis) is 1. The highest BCUT2D eigenvalue weighted by atomic mass is 16.6. The molecule has 1 fully saturated rings. The Kier molecular flexibility index (Phi) is 7.91. The Labute approximate surface area is 206 Å². The van der Waals surface area contributed by atoms with Gasteiger partial charge in [-0.3, -0.25) is 0 Å². The fourth-order valence-electron chi connectivity index (χ4n) is 3.98. The van der Waals surface area contributed by atoms with Crippen LogP contribution in [-0.4, -0.2) is 62.6 Å². The van der Waals surface area contributed by atoms with Crippen LogP contribution < -0.4 is 15.7 Å². The zero-order valence-electron chi connectivity index (χ0n) is 21.2. The number of carbonyl (C=O) groups excluding carboxylic acids is 2. The molecule has 1 aliphatic carbocycles. The molecule has 3 N–H and O–H groups in total. The summed E-state index contributed by atoms with van der Waals surface area (Å²) in [5.41, 5.74) is -0.381. The maximum Gasteiger partial charge on any atom is 0.488 e. The number of aromatic nitrogens is 2. The summed E-state index contributed by atoms with van der Waals surface area (Å²) in [7, 11) is -1.60. The lowest BCUT2D eigenvalue weighted by atomic mass is 9.80. The first-order valence-electron chi connectivity index (χ1n) is 11.9. The highest BCUT2D eigenvalue weighted by Gasteiger charge is 2.35. The van der Waals surface area contributed by atoms with Crippen molar-refractivity contribution in [2.24, 2.45) is 0 Å². The van der Waals surface area contributed by atoms with Crippen molar-refractivity contribution in [2.75, 3.05) is 4.90 Å². The van der Waals surface area contributed by atoms with Gasteiger partial charge in [-0.2, -0.15) is 0 Å². The van der Waals surface area contributed by atoms with Crippen LogP contribution in [0.25, 0.3) is 10.9 Å². The molecule has 2 aromatic rings. The second-order valence-electron chi connectivity index (χ2n) is 10.9. The number of carbonyl (C=O) groups is 2. The lowest BCUT2D eigenvalue weighted by molar-refractivity contribution is 0.0474. The lowest BCUT2D eigenvalue weighted by Crippen LogP contribution is -2.49. The number of benzene rings is 1. The molecule has 190 valence electrons. The van der Waals surface area contributed by atoms with Gasteiger partial charge in [0.25, 0.3) is 0 Å². The third-order valence-electron chi connectivity index (χ3n) is 5.48. The molecule has 1 aromatic heterocycles.